The molecule has 2 nitrogen and oxygen atoms in total. The molecule has 0 bridgehead atoms. The van der Waals surface area contributed by atoms with Gasteiger partial charge >= 0.3 is 5.97 Å². The quantitative estimate of drug-likeness (QED) is 0.653. The van der Waals surface area contributed by atoms with Gasteiger partial charge in [-0.1, -0.05) is 26.8 Å². The maximum Gasteiger partial charge on any atom is 0.331 e. The van der Waals surface area contributed by atoms with E-state index in [2.05, 4.69) is 6.92 Å². The first-order valence-corrected chi connectivity index (χ1v) is 4.37. The van der Waals surface area contributed by atoms with E-state index >= 15 is 0 Å². The predicted octanol–water partition coefficient (Wildman–Crippen LogP) is 2.45. The average Bonchev–Trinajstić information content (AvgIpc) is 1.82. The summed E-state index contributed by atoms with van der Waals surface area (Å²) in [6, 6.07) is 0. The van der Waals surface area contributed by atoms with Gasteiger partial charge in [-0.15, -0.1) is 0 Å². The first kappa shape index (κ1) is 9.30. The van der Waals surface area contributed by atoms with Gasteiger partial charge in [0.1, 0.15) is 0 Å². The molecule has 0 heterocycles. The summed E-state index contributed by atoms with van der Waals surface area (Å²) in [5, 5.41) is 8.89. The zero-order chi connectivity index (χ0) is 9.35. The van der Waals surface area contributed by atoms with Gasteiger partial charge in [-0.3, -0.25) is 0 Å². The SMILES string of the molecule is CC1CC=C(C(=O)O)C(C)(C)C1. The maximum atomic E-state index is 10.8. The molecule has 0 fully saturated rings. The van der Waals surface area contributed by atoms with Gasteiger partial charge in [-0.05, 0) is 24.2 Å². The van der Waals surface area contributed by atoms with Crippen LogP contribution in [0.25, 0.3) is 0 Å². The molecular formula is C10H16O2. The number of rotatable bonds is 1. The van der Waals surface area contributed by atoms with Gasteiger partial charge in [0.15, 0.2) is 0 Å². The number of aliphatic carboxylic acids is 1. The van der Waals surface area contributed by atoms with E-state index in [0.29, 0.717) is 11.5 Å². The molecule has 0 spiro atoms. The van der Waals surface area contributed by atoms with Crippen LogP contribution < -0.4 is 0 Å². The molecule has 0 aromatic heterocycles. The molecule has 1 atom stereocenters. The summed E-state index contributed by atoms with van der Waals surface area (Å²) in [5.74, 6) is -0.144. The molecule has 0 radical (unpaired) electrons. The lowest BCUT2D eigenvalue weighted by atomic mass is 9.72. The Balaban J connectivity index is 2.92. The maximum absolute atomic E-state index is 10.8. The normalized spacial score (nSPS) is 27.9. The molecule has 2 heteroatoms. The third kappa shape index (κ3) is 1.68. The largest absolute Gasteiger partial charge is 0.478 e. The van der Waals surface area contributed by atoms with Crippen LogP contribution in [-0.2, 0) is 4.79 Å². The Morgan fingerprint density at radius 1 is 1.67 bits per heavy atom. The molecule has 0 saturated heterocycles. The molecule has 12 heavy (non-hydrogen) atoms. The van der Waals surface area contributed by atoms with Crippen molar-refractivity contribution in [2.45, 2.75) is 33.6 Å². The van der Waals surface area contributed by atoms with Crippen molar-refractivity contribution in [2.75, 3.05) is 0 Å². The predicted molar refractivity (Wildman–Crippen MR) is 47.9 cm³/mol. The fraction of sp³-hybridized carbons (Fsp3) is 0.700. The van der Waals surface area contributed by atoms with E-state index < -0.39 is 5.97 Å². The lowest BCUT2D eigenvalue weighted by Crippen LogP contribution is -2.27. The van der Waals surface area contributed by atoms with Crippen LogP contribution in [0.15, 0.2) is 11.6 Å². The van der Waals surface area contributed by atoms with Gasteiger partial charge in [0.25, 0.3) is 0 Å². The van der Waals surface area contributed by atoms with E-state index in [1.54, 1.807) is 0 Å². The van der Waals surface area contributed by atoms with Gasteiger partial charge < -0.3 is 5.11 Å². The number of carbonyl (C=O) groups is 1. The average molecular weight is 168 g/mol. The summed E-state index contributed by atoms with van der Waals surface area (Å²) in [7, 11) is 0. The molecule has 0 saturated carbocycles. The molecule has 1 aliphatic carbocycles. The minimum atomic E-state index is -0.758. The summed E-state index contributed by atoms with van der Waals surface area (Å²) >= 11 is 0. The molecule has 0 aromatic carbocycles. The summed E-state index contributed by atoms with van der Waals surface area (Å²) in [5.41, 5.74) is 0.435. The van der Waals surface area contributed by atoms with Crippen molar-refractivity contribution in [1.29, 1.82) is 0 Å². The second-order valence-electron chi connectivity index (χ2n) is 4.35. The third-order valence-electron chi connectivity index (χ3n) is 2.54. The van der Waals surface area contributed by atoms with E-state index in [4.69, 9.17) is 5.11 Å². The van der Waals surface area contributed by atoms with Gasteiger partial charge in [0.05, 0.1) is 0 Å². The summed E-state index contributed by atoms with van der Waals surface area (Å²) in [6.45, 7) is 6.17. The van der Waals surface area contributed by atoms with E-state index in [1.807, 2.05) is 19.9 Å². The first-order valence-electron chi connectivity index (χ1n) is 4.37. The van der Waals surface area contributed by atoms with Crippen molar-refractivity contribution in [3.63, 3.8) is 0 Å². The Hall–Kier alpha value is -0.790. The monoisotopic (exact) mass is 168 g/mol. The second kappa shape index (κ2) is 2.92. The Morgan fingerprint density at radius 3 is 2.67 bits per heavy atom. The Kier molecular flexibility index (Phi) is 2.27. The van der Waals surface area contributed by atoms with Crippen LogP contribution in [0.2, 0.25) is 0 Å². The smallest absolute Gasteiger partial charge is 0.331 e. The number of hydrogen-bond donors (Lipinski definition) is 1. The van der Waals surface area contributed by atoms with E-state index in [-0.39, 0.29) is 5.41 Å². The highest BCUT2D eigenvalue weighted by atomic mass is 16.4. The number of carboxylic acids is 1. The van der Waals surface area contributed by atoms with Crippen LogP contribution >= 0.6 is 0 Å². The fourth-order valence-electron chi connectivity index (χ4n) is 2.04. The molecule has 0 aliphatic heterocycles. The summed E-state index contributed by atoms with van der Waals surface area (Å²) in [6.07, 6.45) is 3.76. The molecule has 1 N–H and O–H groups in total. The summed E-state index contributed by atoms with van der Waals surface area (Å²) < 4.78 is 0. The minimum Gasteiger partial charge on any atom is -0.478 e. The molecule has 68 valence electrons. The molecule has 0 aromatic rings. The van der Waals surface area contributed by atoms with Gasteiger partial charge in [0.2, 0.25) is 0 Å². The van der Waals surface area contributed by atoms with Crippen LogP contribution in [0, 0.1) is 11.3 Å². The van der Waals surface area contributed by atoms with E-state index in [1.165, 1.54) is 0 Å². The van der Waals surface area contributed by atoms with Crippen molar-refractivity contribution >= 4 is 5.97 Å². The number of hydrogen-bond acceptors (Lipinski definition) is 1. The highest BCUT2D eigenvalue weighted by Crippen LogP contribution is 2.39. The highest BCUT2D eigenvalue weighted by molar-refractivity contribution is 5.88. The fourth-order valence-corrected chi connectivity index (χ4v) is 2.04. The Labute approximate surface area is 73.3 Å². The second-order valence-corrected chi connectivity index (χ2v) is 4.35. The molecule has 1 aliphatic rings. The lowest BCUT2D eigenvalue weighted by molar-refractivity contribution is -0.134. The van der Waals surface area contributed by atoms with E-state index in [9.17, 15) is 4.79 Å². The molecule has 1 rings (SSSR count). The standard InChI is InChI=1S/C10H16O2/c1-7-4-5-8(9(11)12)10(2,3)6-7/h5,7H,4,6H2,1-3H3,(H,11,12). The number of allylic oxidation sites excluding steroid dienone is 1. The van der Waals surface area contributed by atoms with Crippen LogP contribution in [0.1, 0.15) is 33.6 Å². The molecular weight excluding hydrogens is 152 g/mol. The van der Waals surface area contributed by atoms with Crippen molar-refractivity contribution in [1.82, 2.24) is 0 Å². The van der Waals surface area contributed by atoms with Gasteiger partial charge in [-0.2, -0.15) is 0 Å². The van der Waals surface area contributed by atoms with Gasteiger partial charge in [0, 0.05) is 5.57 Å². The first-order chi connectivity index (χ1) is 5.43. The van der Waals surface area contributed by atoms with Crippen molar-refractivity contribution in [3.05, 3.63) is 11.6 Å². The van der Waals surface area contributed by atoms with Crippen LogP contribution in [-0.4, -0.2) is 11.1 Å². The molecule has 1 unspecified atom stereocenters. The van der Waals surface area contributed by atoms with Gasteiger partial charge in [-0.25, -0.2) is 4.79 Å². The highest BCUT2D eigenvalue weighted by Gasteiger charge is 2.32. The minimum absolute atomic E-state index is 0.149. The zero-order valence-corrected chi connectivity index (χ0v) is 7.92. The summed E-state index contributed by atoms with van der Waals surface area (Å²) in [4.78, 5) is 10.8. The number of carboxylic acid groups (broad SMARTS) is 1. The Morgan fingerprint density at radius 2 is 2.25 bits per heavy atom. The van der Waals surface area contributed by atoms with Crippen molar-refractivity contribution in [2.24, 2.45) is 11.3 Å². The van der Waals surface area contributed by atoms with Crippen LogP contribution in [0.3, 0.4) is 0 Å². The van der Waals surface area contributed by atoms with Crippen molar-refractivity contribution < 1.29 is 9.90 Å². The third-order valence-corrected chi connectivity index (χ3v) is 2.54. The molecule has 0 amide bonds. The van der Waals surface area contributed by atoms with Crippen LogP contribution in [0.5, 0.6) is 0 Å². The Bertz CT molecular complexity index is 226. The van der Waals surface area contributed by atoms with Crippen molar-refractivity contribution in [3.8, 4) is 0 Å². The lowest BCUT2D eigenvalue weighted by Gasteiger charge is -2.32. The van der Waals surface area contributed by atoms with Crippen LogP contribution in [0.4, 0.5) is 0 Å². The topological polar surface area (TPSA) is 37.3 Å². The van der Waals surface area contributed by atoms with E-state index in [0.717, 1.165) is 12.8 Å². The zero-order valence-electron chi connectivity index (χ0n) is 7.92.